The first-order chi connectivity index (χ1) is 9.90. The van der Waals surface area contributed by atoms with Gasteiger partial charge in [-0.05, 0) is 23.6 Å². The van der Waals surface area contributed by atoms with E-state index in [9.17, 15) is 0 Å². The molecule has 0 saturated carbocycles. The molecule has 0 amide bonds. The summed E-state index contributed by atoms with van der Waals surface area (Å²) in [7, 11) is 0. The molecular formula is C15H9N3S2. The zero-order valence-corrected chi connectivity index (χ0v) is 12.0. The fourth-order valence-electron chi connectivity index (χ4n) is 2.01. The highest BCUT2D eigenvalue weighted by Crippen LogP contribution is 2.35. The van der Waals surface area contributed by atoms with Crippen LogP contribution in [0.5, 0.6) is 0 Å². The number of rotatable bonds is 2. The Morgan fingerprint density at radius 1 is 0.950 bits per heavy atom. The van der Waals surface area contributed by atoms with Gasteiger partial charge >= 0.3 is 0 Å². The molecule has 0 saturated heterocycles. The lowest BCUT2D eigenvalue weighted by Crippen LogP contribution is -1.85. The van der Waals surface area contributed by atoms with Crippen molar-refractivity contribution in [3.8, 4) is 21.4 Å². The fraction of sp³-hybridized carbons (Fsp3) is 0. The molecule has 0 aliphatic carbocycles. The summed E-state index contributed by atoms with van der Waals surface area (Å²) < 4.78 is 1.29. The van der Waals surface area contributed by atoms with Crippen molar-refractivity contribution in [1.82, 2.24) is 15.0 Å². The van der Waals surface area contributed by atoms with Crippen LogP contribution < -0.4 is 0 Å². The average Bonchev–Trinajstić information content (AvgIpc) is 3.14. The largest absolute Gasteiger partial charge is 0.234 e. The highest BCUT2D eigenvalue weighted by molar-refractivity contribution is 7.22. The van der Waals surface area contributed by atoms with Gasteiger partial charge in [-0.2, -0.15) is 0 Å². The molecule has 0 fully saturated rings. The molecule has 4 rings (SSSR count). The summed E-state index contributed by atoms with van der Waals surface area (Å²) in [5.74, 6) is 0.685. The Hall–Kier alpha value is -2.11. The molecular weight excluding hydrogens is 286 g/mol. The monoisotopic (exact) mass is 295 g/mol. The van der Waals surface area contributed by atoms with Crippen LogP contribution in [0.15, 0.2) is 54.2 Å². The Bertz CT molecular complexity index is 832. The second kappa shape index (κ2) is 4.77. The Balaban J connectivity index is 1.78. The number of hydrogen-bond acceptors (Lipinski definition) is 5. The van der Waals surface area contributed by atoms with Gasteiger partial charge in [0.15, 0.2) is 10.8 Å². The van der Waals surface area contributed by atoms with Gasteiger partial charge in [0, 0.05) is 22.5 Å². The molecule has 0 atom stereocenters. The van der Waals surface area contributed by atoms with E-state index in [1.807, 2.05) is 6.07 Å². The lowest BCUT2D eigenvalue weighted by molar-refractivity contribution is 1.16. The van der Waals surface area contributed by atoms with Gasteiger partial charge in [-0.1, -0.05) is 18.2 Å². The highest BCUT2D eigenvalue weighted by Gasteiger charge is 2.10. The van der Waals surface area contributed by atoms with Gasteiger partial charge in [0.1, 0.15) is 0 Å². The van der Waals surface area contributed by atoms with Crippen molar-refractivity contribution in [2.24, 2.45) is 0 Å². The number of benzene rings is 1. The molecule has 4 aromatic rings. The summed E-state index contributed by atoms with van der Waals surface area (Å²) in [4.78, 5) is 14.3. The minimum atomic E-state index is 0.685. The van der Waals surface area contributed by atoms with Crippen LogP contribution in [-0.4, -0.2) is 15.0 Å². The molecule has 0 unspecified atom stereocenters. The first-order valence-corrected chi connectivity index (χ1v) is 7.82. The molecule has 0 bridgehead atoms. The van der Waals surface area contributed by atoms with Crippen LogP contribution in [0.4, 0.5) is 0 Å². The van der Waals surface area contributed by atoms with E-state index in [2.05, 4.69) is 50.7 Å². The molecule has 0 spiro atoms. The van der Waals surface area contributed by atoms with Crippen LogP contribution in [0, 0.1) is 0 Å². The van der Waals surface area contributed by atoms with Crippen molar-refractivity contribution in [3.63, 3.8) is 0 Å². The summed E-state index contributed by atoms with van der Waals surface area (Å²) in [6.45, 7) is 0. The van der Waals surface area contributed by atoms with Crippen LogP contribution >= 0.6 is 22.7 Å². The quantitative estimate of drug-likeness (QED) is 0.547. The smallest absolute Gasteiger partial charge is 0.188 e. The van der Waals surface area contributed by atoms with Crippen molar-refractivity contribution in [3.05, 3.63) is 54.2 Å². The molecule has 1 aromatic carbocycles. The Kier molecular flexibility index (Phi) is 2.79. The summed E-state index contributed by atoms with van der Waals surface area (Å²) in [6, 6.07) is 12.4. The van der Waals surface area contributed by atoms with Gasteiger partial charge in [0.2, 0.25) is 0 Å². The molecule has 3 aromatic heterocycles. The standard InChI is InChI=1S/C15H9N3S2/c1-2-5-12-10(4-1)8-13(20-12)11-9-19-15(18-11)14-16-6-3-7-17-14/h1-9H. The van der Waals surface area contributed by atoms with E-state index in [1.54, 1.807) is 35.1 Å². The minimum absolute atomic E-state index is 0.685. The Morgan fingerprint density at radius 2 is 1.80 bits per heavy atom. The van der Waals surface area contributed by atoms with Gasteiger partial charge in [0.25, 0.3) is 0 Å². The lowest BCUT2D eigenvalue weighted by Gasteiger charge is -1.91. The maximum absolute atomic E-state index is 4.65. The van der Waals surface area contributed by atoms with E-state index >= 15 is 0 Å². The SMILES string of the molecule is c1cnc(-c2nc(-c3cc4ccccc4s3)cs2)nc1. The van der Waals surface area contributed by atoms with E-state index in [4.69, 9.17) is 0 Å². The van der Waals surface area contributed by atoms with Crippen LogP contribution in [0.25, 0.3) is 31.5 Å². The second-order valence-electron chi connectivity index (χ2n) is 4.26. The Labute approximate surface area is 123 Å². The molecule has 3 heterocycles. The predicted octanol–water partition coefficient (Wildman–Crippen LogP) is 4.48. The van der Waals surface area contributed by atoms with Crippen LogP contribution in [0.1, 0.15) is 0 Å². The molecule has 3 nitrogen and oxygen atoms in total. The van der Waals surface area contributed by atoms with Gasteiger partial charge in [-0.15, -0.1) is 22.7 Å². The van der Waals surface area contributed by atoms with Crippen molar-refractivity contribution >= 4 is 32.8 Å². The number of fused-ring (bicyclic) bond motifs is 1. The summed E-state index contributed by atoms with van der Waals surface area (Å²) in [6.07, 6.45) is 3.48. The van der Waals surface area contributed by atoms with Gasteiger partial charge in [0.05, 0.1) is 10.6 Å². The normalized spacial score (nSPS) is 11.0. The van der Waals surface area contributed by atoms with E-state index in [1.165, 1.54) is 15.0 Å². The first kappa shape index (κ1) is 11.7. The Morgan fingerprint density at radius 3 is 2.65 bits per heavy atom. The third-order valence-electron chi connectivity index (χ3n) is 2.94. The molecule has 5 heteroatoms. The predicted molar refractivity (Wildman–Crippen MR) is 84.0 cm³/mol. The van der Waals surface area contributed by atoms with Gasteiger partial charge in [-0.3, -0.25) is 0 Å². The summed E-state index contributed by atoms with van der Waals surface area (Å²) >= 11 is 3.34. The maximum atomic E-state index is 4.65. The van der Waals surface area contributed by atoms with E-state index < -0.39 is 0 Å². The van der Waals surface area contributed by atoms with Crippen LogP contribution in [-0.2, 0) is 0 Å². The van der Waals surface area contributed by atoms with Crippen molar-refractivity contribution in [1.29, 1.82) is 0 Å². The molecule has 20 heavy (non-hydrogen) atoms. The highest BCUT2D eigenvalue weighted by atomic mass is 32.1. The lowest BCUT2D eigenvalue weighted by atomic mass is 10.2. The number of thiazole rings is 1. The molecule has 0 aliphatic rings. The molecule has 96 valence electrons. The zero-order chi connectivity index (χ0) is 13.4. The molecule has 0 radical (unpaired) electrons. The molecule has 0 N–H and O–H groups in total. The number of aromatic nitrogens is 3. The summed E-state index contributed by atoms with van der Waals surface area (Å²) in [5.41, 5.74) is 0.999. The van der Waals surface area contributed by atoms with E-state index in [-0.39, 0.29) is 0 Å². The van der Waals surface area contributed by atoms with Crippen LogP contribution in [0.3, 0.4) is 0 Å². The van der Waals surface area contributed by atoms with Crippen molar-refractivity contribution < 1.29 is 0 Å². The average molecular weight is 295 g/mol. The third-order valence-corrected chi connectivity index (χ3v) is 4.92. The number of hydrogen-bond donors (Lipinski definition) is 0. The maximum Gasteiger partial charge on any atom is 0.188 e. The van der Waals surface area contributed by atoms with E-state index in [0.717, 1.165) is 10.7 Å². The van der Waals surface area contributed by atoms with Crippen molar-refractivity contribution in [2.75, 3.05) is 0 Å². The molecule has 0 aliphatic heterocycles. The van der Waals surface area contributed by atoms with Crippen molar-refractivity contribution in [2.45, 2.75) is 0 Å². The van der Waals surface area contributed by atoms with E-state index in [0.29, 0.717) is 5.82 Å². The zero-order valence-electron chi connectivity index (χ0n) is 10.4. The second-order valence-corrected chi connectivity index (χ2v) is 6.20. The minimum Gasteiger partial charge on any atom is -0.234 e. The fourth-order valence-corrected chi connectivity index (χ4v) is 3.87. The van der Waals surface area contributed by atoms with Gasteiger partial charge < -0.3 is 0 Å². The topological polar surface area (TPSA) is 38.7 Å². The van der Waals surface area contributed by atoms with Gasteiger partial charge in [-0.25, -0.2) is 15.0 Å². The van der Waals surface area contributed by atoms with Crippen LogP contribution in [0.2, 0.25) is 0 Å². The number of thiophene rings is 1. The first-order valence-electron chi connectivity index (χ1n) is 6.12. The number of nitrogens with zero attached hydrogens (tertiary/aromatic N) is 3. The summed E-state index contributed by atoms with van der Waals surface area (Å²) in [5, 5.41) is 4.19. The third kappa shape index (κ3) is 2.01.